The molecule has 3 nitrogen and oxygen atoms in total. The van der Waals surface area contributed by atoms with Gasteiger partial charge in [-0.05, 0) is 54.6 Å². The lowest BCUT2D eigenvalue weighted by Crippen LogP contribution is -2.27. The van der Waals surface area contributed by atoms with E-state index in [-0.39, 0.29) is 11.9 Å². The van der Waals surface area contributed by atoms with Gasteiger partial charge in [-0.2, -0.15) is 4.37 Å². The molecule has 4 rings (SSSR count). The number of aromatic nitrogens is 1. The Hall–Kier alpha value is -2.64. The molecule has 2 aromatic carbocycles. The predicted octanol–water partition coefficient (Wildman–Crippen LogP) is 4.54. The average molecular weight is 332 g/mol. The van der Waals surface area contributed by atoms with Gasteiger partial charge in [-0.3, -0.25) is 4.79 Å². The van der Waals surface area contributed by atoms with Crippen molar-refractivity contribution >= 4 is 33.2 Å². The van der Waals surface area contributed by atoms with E-state index in [9.17, 15) is 4.79 Å². The number of amides is 1. The summed E-state index contributed by atoms with van der Waals surface area (Å²) < 4.78 is 5.48. The van der Waals surface area contributed by atoms with Crippen molar-refractivity contribution in [3.8, 4) is 11.8 Å². The lowest BCUT2D eigenvalue weighted by atomic mass is 10.0. The van der Waals surface area contributed by atoms with Crippen molar-refractivity contribution in [3.05, 3.63) is 59.8 Å². The third-order valence-electron chi connectivity index (χ3n) is 4.37. The van der Waals surface area contributed by atoms with Gasteiger partial charge in [0.2, 0.25) is 5.91 Å². The normalized spacial score (nSPS) is 17.1. The zero-order chi connectivity index (χ0) is 16.5. The first-order valence-corrected chi connectivity index (χ1v) is 8.74. The molecule has 118 valence electrons. The summed E-state index contributed by atoms with van der Waals surface area (Å²) in [5, 5.41) is 1.06. The standard InChI is InChI=1S/C20H16N2OS/c1-2-6-17-16-10-9-15(13-19(16)24-21-17)22-18(11-12-20(22)23)14-7-4-3-5-8-14/h3-5,7-10,13,18H,11-12H2,1H3. The smallest absolute Gasteiger partial charge is 0.227 e. The predicted molar refractivity (Wildman–Crippen MR) is 98.1 cm³/mol. The lowest BCUT2D eigenvalue weighted by Gasteiger charge is -2.25. The van der Waals surface area contributed by atoms with Crippen molar-refractivity contribution in [1.29, 1.82) is 0 Å². The summed E-state index contributed by atoms with van der Waals surface area (Å²) in [5.74, 6) is 6.11. The summed E-state index contributed by atoms with van der Waals surface area (Å²) in [4.78, 5) is 14.4. The highest BCUT2D eigenvalue weighted by Gasteiger charge is 2.33. The first-order chi connectivity index (χ1) is 11.8. The van der Waals surface area contributed by atoms with Crippen LogP contribution in [0.25, 0.3) is 10.1 Å². The number of carbonyl (C=O) groups is 1. The number of anilines is 1. The molecule has 1 aliphatic heterocycles. The van der Waals surface area contributed by atoms with Crippen LogP contribution in [0.5, 0.6) is 0 Å². The van der Waals surface area contributed by atoms with E-state index < -0.39 is 0 Å². The van der Waals surface area contributed by atoms with Crippen LogP contribution in [0.2, 0.25) is 0 Å². The van der Waals surface area contributed by atoms with Crippen molar-refractivity contribution in [3.63, 3.8) is 0 Å². The van der Waals surface area contributed by atoms with Crippen molar-refractivity contribution in [1.82, 2.24) is 4.37 Å². The van der Waals surface area contributed by atoms with Crippen molar-refractivity contribution in [2.24, 2.45) is 0 Å². The highest BCUT2D eigenvalue weighted by Crippen LogP contribution is 2.38. The molecular weight excluding hydrogens is 316 g/mol. The highest BCUT2D eigenvalue weighted by molar-refractivity contribution is 7.13. The second-order valence-electron chi connectivity index (χ2n) is 5.82. The van der Waals surface area contributed by atoms with E-state index in [1.807, 2.05) is 42.2 Å². The van der Waals surface area contributed by atoms with E-state index in [1.165, 1.54) is 17.1 Å². The third-order valence-corrected chi connectivity index (χ3v) is 5.18. The van der Waals surface area contributed by atoms with Crippen LogP contribution in [0, 0.1) is 11.8 Å². The highest BCUT2D eigenvalue weighted by atomic mass is 32.1. The van der Waals surface area contributed by atoms with Gasteiger partial charge < -0.3 is 4.90 Å². The summed E-state index contributed by atoms with van der Waals surface area (Å²) in [5.41, 5.74) is 2.94. The molecule has 2 heterocycles. The molecular formula is C20H16N2OS. The van der Waals surface area contributed by atoms with Gasteiger partial charge in [-0.1, -0.05) is 36.3 Å². The number of benzene rings is 2. The first kappa shape index (κ1) is 14.9. The molecule has 0 bridgehead atoms. The van der Waals surface area contributed by atoms with Crippen LogP contribution in [0.4, 0.5) is 5.69 Å². The van der Waals surface area contributed by atoms with Crippen LogP contribution < -0.4 is 4.90 Å². The van der Waals surface area contributed by atoms with Crippen LogP contribution in [0.15, 0.2) is 48.5 Å². The van der Waals surface area contributed by atoms with Gasteiger partial charge in [0.05, 0.1) is 10.7 Å². The fourth-order valence-corrected chi connectivity index (χ4v) is 4.05. The maximum Gasteiger partial charge on any atom is 0.227 e. The maximum atomic E-state index is 12.5. The minimum absolute atomic E-state index is 0.110. The number of fused-ring (bicyclic) bond motifs is 1. The van der Waals surface area contributed by atoms with Crippen LogP contribution in [0.1, 0.15) is 37.1 Å². The van der Waals surface area contributed by atoms with Gasteiger partial charge in [0.1, 0.15) is 5.69 Å². The molecule has 0 aliphatic carbocycles. The fraction of sp³-hybridized carbons (Fsp3) is 0.200. The van der Waals surface area contributed by atoms with Crippen LogP contribution >= 0.6 is 11.5 Å². The monoisotopic (exact) mass is 332 g/mol. The van der Waals surface area contributed by atoms with Crippen LogP contribution in [-0.2, 0) is 4.79 Å². The quantitative estimate of drug-likeness (QED) is 0.646. The summed E-state index contributed by atoms with van der Waals surface area (Å²) >= 11 is 1.43. The fourth-order valence-electron chi connectivity index (χ4n) is 3.28. The number of carbonyl (C=O) groups excluding carboxylic acids is 1. The molecule has 4 heteroatoms. The van der Waals surface area contributed by atoms with E-state index in [1.54, 1.807) is 0 Å². The van der Waals surface area contributed by atoms with Crippen molar-refractivity contribution in [2.75, 3.05) is 4.90 Å². The van der Waals surface area contributed by atoms with E-state index in [0.29, 0.717) is 6.42 Å². The van der Waals surface area contributed by atoms with Gasteiger partial charge in [-0.15, -0.1) is 0 Å². The summed E-state index contributed by atoms with van der Waals surface area (Å²) in [7, 11) is 0. The zero-order valence-corrected chi connectivity index (χ0v) is 14.1. The van der Waals surface area contributed by atoms with E-state index in [4.69, 9.17) is 0 Å². The zero-order valence-electron chi connectivity index (χ0n) is 13.3. The molecule has 24 heavy (non-hydrogen) atoms. The molecule has 0 radical (unpaired) electrons. The molecule has 0 spiro atoms. The summed E-state index contributed by atoms with van der Waals surface area (Å²) in [6.45, 7) is 1.81. The first-order valence-electron chi connectivity index (χ1n) is 7.97. The Bertz CT molecular complexity index is 965. The Morgan fingerprint density at radius 3 is 2.83 bits per heavy atom. The SMILES string of the molecule is CC#Cc1nsc2cc(N3C(=O)CCC3c3ccccc3)ccc12. The van der Waals surface area contributed by atoms with E-state index >= 15 is 0 Å². The van der Waals surface area contributed by atoms with E-state index in [0.717, 1.165) is 27.9 Å². The molecule has 1 saturated heterocycles. The van der Waals surface area contributed by atoms with Gasteiger partial charge in [0.25, 0.3) is 0 Å². The Balaban J connectivity index is 1.76. The van der Waals surface area contributed by atoms with Crippen molar-refractivity contribution < 1.29 is 4.79 Å². The number of rotatable bonds is 2. The number of hydrogen-bond acceptors (Lipinski definition) is 3. The lowest BCUT2D eigenvalue weighted by molar-refractivity contribution is -0.117. The minimum Gasteiger partial charge on any atom is -0.305 e. The molecule has 3 aromatic rings. The molecule has 1 aliphatic rings. The minimum atomic E-state index is 0.110. The van der Waals surface area contributed by atoms with Crippen LogP contribution in [0.3, 0.4) is 0 Å². The topological polar surface area (TPSA) is 33.2 Å². The summed E-state index contributed by atoms with van der Waals surface area (Å²) in [6, 6.07) is 16.5. The molecule has 1 atom stereocenters. The number of nitrogens with zero attached hydrogens (tertiary/aromatic N) is 2. The molecule has 1 amide bonds. The van der Waals surface area contributed by atoms with Gasteiger partial charge in [0.15, 0.2) is 0 Å². The number of hydrogen-bond donors (Lipinski definition) is 0. The second kappa shape index (κ2) is 6.10. The molecule has 0 N–H and O–H groups in total. The molecule has 0 saturated carbocycles. The summed E-state index contributed by atoms with van der Waals surface area (Å²) in [6.07, 6.45) is 1.45. The van der Waals surface area contributed by atoms with Crippen molar-refractivity contribution in [2.45, 2.75) is 25.8 Å². The largest absolute Gasteiger partial charge is 0.305 e. The van der Waals surface area contributed by atoms with Gasteiger partial charge >= 0.3 is 0 Å². The Morgan fingerprint density at radius 1 is 1.21 bits per heavy atom. The maximum absolute atomic E-state index is 12.5. The van der Waals surface area contributed by atoms with Gasteiger partial charge in [-0.25, -0.2) is 0 Å². The molecule has 1 unspecified atom stereocenters. The Labute approximate surface area is 145 Å². The third kappa shape index (κ3) is 2.47. The van der Waals surface area contributed by atoms with Gasteiger partial charge in [0, 0.05) is 17.5 Å². The molecule has 1 aromatic heterocycles. The van der Waals surface area contributed by atoms with Crippen LogP contribution in [-0.4, -0.2) is 10.3 Å². The second-order valence-corrected chi connectivity index (χ2v) is 6.62. The Kier molecular flexibility index (Phi) is 3.79. The van der Waals surface area contributed by atoms with E-state index in [2.05, 4.69) is 34.4 Å². The Morgan fingerprint density at radius 2 is 2.04 bits per heavy atom. The average Bonchev–Trinajstić information content (AvgIpc) is 3.19. The molecule has 1 fully saturated rings.